The van der Waals surface area contributed by atoms with Crippen molar-refractivity contribution in [1.82, 2.24) is 10.3 Å². The minimum atomic E-state index is -0.111. The minimum Gasteiger partial charge on any atom is -0.439 e. The number of benzene rings is 1. The van der Waals surface area contributed by atoms with Crippen LogP contribution in [0.2, 0.25) is 0 Å². The summed E-state index contributed by atoms with van der Waals surface area (Å²) in [5.74, 6) is 1.73. The molecular formula is C15H16N2O2S. The number of hydrogen-bond acceptors (Lipinski definition) is 4. The first-order valence-electron chi connectivity index (χ1n) is 6.29. The molecule has 0 unspecified atom stereocenters. The molecular weight excluding hydrogens is 272 g/mol. The normalized spacial score (nSPS) is 10.1. The summed E-state index contributed by atoms with van der Waals surface area (Å²) in [5, 5.41) is 2.76. The summed E-state index contributed by atoms with van der Waals surface area (Å²) in [6.07, 6.45) is 1.68. The lowest BCUT2D eigenvalue weighted by molar-refractivity contribution is 0.0956. The Bertz CT molecular complexity index is 585. The van der Waals surface area contributed by atoms with Crippen LogP contribution in [0.3, 0.4) is 0 Å². The Labute approximate surface area is 123 Å². The van der Waals surface area contributed by atoms with E-state index < -0.39 is 0 Å². The van der Waals surface area contributed by atoms with Crippen molar-refractivity contribution in [3.05, 3.63) is 53.7 Å². The van der Waals surface area contributed by atoms with Gasteiger partial charge in [-0.05, 0) is 37.3 Å². The van der Waals surface area contributed by atoms with Gasteiger partial charge in [0.1, 0.15) is 5.75 Å². The third-order valence-corrected chi connectivity index (χ3v) is 2.91. The molecule has 1 heterocycles. The largest absolute Gasteiger partial charge is 0.439 e. The fourth-order valence-corrected chi connectivity index (χ4v) is 1.75. The molecule has 1 aromatic heterocycles. The van der Waals surface area contributed by atoms with Crippen molar-refractivity contribution in [1.29, 1.82) is 0 Å². The Morgan fingerprint density at radius 2 is 2.05 bits per heavy atom. The van der Waals surface area contributed by atoms with Crippen LogP contribution in [0.1, 0.15) is 15.9 Å². The molecule has 0 atom stereocenters. The molecule has 0 aliphatic carbocycles. The number of pyridine rings is 1. The van der Waals surface area contributed by atoms with Gasteiger partial charge in [0.15, 0.2) is 0 Å². The number of carbonyl (C=O) groups is 1. The van der Waals surface area contributed by atoms with E-state index in [4.69, 9.17) is 4.74 Å². The van der Waals surface area contributed by atoms with Gasteiger partial charge in [-0.1, -0.05) is 6.07 Å². The summed E-state index contributed by atoms with van der Waals surface area (Å²) < 4.78 is 5.67. The Hall–Kier alpha value is -2.01. The molecule has 0 spiro atoms. The lowest BCUT2D eigenvalue weighted by Crippen LogP contribution is -2.25. The first-order chi connectivity index (χ1) is 9.70. The molecule has 1 aromatic carbocycles. The van der Waals surface area contributed by atoms with E-state index in [2.05, 4.69) is 22.9 Å². The molecule has 0 saturated carbocycles. The molecule has 0 fully saturated rings. The minimum absolute atomic E-state index is 0.111. The number of amides is 1. The number of carbonyl (C=O) groups excluding carboxylic acids is 1. The van der Waals surface area contributed by atoms with Crippen LogP contribution in [0.15, 0.2) is 42.6 Å². The molecule has 104 valence electrons. The van der Waals surface area contributed by atoms with Crippen LogP contribution in [-0.2, 0) is 0 Å². The van der Waals surface area contributed by atoms with Crippen molar-refractivity contribution in [2.24, 2.45) is 0 Å². The van der Waals surface area contributed by atoms with Gasteiger partial charge in [-0.15, -0.1) is 0 Å². The molecule has 0 aliphatic rings. The van der Waals surface area contributed by atoms with Gasteiger partial charge in [0.05, 0.1) is 0 Å². The average molecular weight is 288 g/mol. The maximum atomic E-state index is 11.7. The molecule has 2 aromatic rings. The van der Waals surface area contributed by atoms with Gasteiger partial charge < -0.3 is 10.1 Å². The molecule has 20 heavy (non-hydrogen) atoms. The number of rotatable bonds is 5. The van der Waals surface area contributed by atoms with Gasteiger partial charge >= 0.3 is 0 Å². The first-order valence-corrected chi connectivity index (χ1v) is 6.92. The summed E-state index contributed by atoms with van der Waals surface area (Å²) >= 11 is 4.05. The van der Waals surface area contributed by atoms with Crippen LogP contribution in [0, 0.1) is 6.92 Å². The van der Waals surface area contributed by atoms with Gasteiger partial charge in [0.25, 0.3) is 5.91 Å². The standard InChI is InChI=1S/C15H16N2O2S/c1-11-3-2-8-17-15(11)19-13-6-4-12(5-7-13)14(18)16-9-10-20/h2-8,20H,9-10H2,1H3,(H,16,18). The summed E-state index contributed by atoms with van der Waals surface area (Å²) in [4.78, 5) is 15.9. The number of ether oxygens (including phenoxy) is 1. The molecule has 0 bridgehead atoms. The average Bonchev–Trinajstić information content (AvgIpc) is 2.48. The highest BCUT2D eigenvalue weighted by molar-refractivity contribution is 7.80. The Balaban J connectivity index is 2.05. The quantitative estimate of drug-likeness (QED) is 0.832. The van der Waals surface area contributed by atoms with Gasteiger partial charge in [-0.25, -0.2) is 4.98 Å². The molecule has 0 aliphatic heterocycles. The van der Waals surface area contributed by atoms with Crippen molar-refractivity contribution in [2.75, 3.05) is 12.3 Å². The zero-order valence-corrected chi connectivity index (χ0v) is 12.1. The number of hydrogen-bond donors (Lipinski definition) is 2. The van der Waals surface area contributed by atoms with E-state index >= 15 is 0 Å². The second-order valence-corrected chi connectivity index (χ2v) is 4.68. The highest BCUT2D eigenvalue weighted by Crippen LogP contribution is 2.22. The fourth-order valence-electron chi connectivity index (χ4n) is 1.64. The Morgan fingerprint density at radius 3 is 2.70 bits per heavy atom. The molecule has 4 nitrogen and oxygen atoms in total. The third kappa shape index (κ3) is 3.74. The Kier molecular flexibility index (Phi) is 5.01. The highest BCUT2D eigenvalue weighted by Gasteiger charge is 2.06. The number of thiol groups is 1. The van der Waals surface area contributed by atoms with Crippen LogP contribution in [-0.4, -0.2) is 23.2 Å². The van der Waals surface area contributed by atoms with Crippen molar-refractivity contribution >= 4 is 18.5 Å². The van der Waals surface area contributed by atoms with E-state index in [9.17, 15) is 4.79 Å². The van der Waals surface area contributed by atoms with E-state index in [0.717, 1.165) is 5.56 Å². The van der Waals surface area contributed by atoms with Gasteiger partial charge in [0.2, 0.25) is 5.88 Å². The van der Waals surface area contributed by atoms with E-state index in [-0.39, 0.29) is 5.91 Å². The maximum absolute atomic E-state index is 11.7. The molecule has 0 radical (unpaired) electrons. The van der Waals surface area contributed by atoms with Crippen molar-refractivity contribution in [3.63, 3.8) is 0 Å². The number of nitrogens with zero attached hydrogens (tertiary/aromatic N) is 1. The van der Waals surface area contributed by atoms with Crippen molar-refractivity contribution in [3.8, 4) is 11.6 Å². The lowest BCUT2D eigenvalue weighted by Gasteiger charge is -2.08. The summed E-state index contributed by atoms with van der Waals surface area (Å²) in [6, 6.07) is 10.7. The van der Waals surface area contributed by atoms with Crippen LogP contribution < -0.4 is 10.1 Å². The summed E-state index contributed by atoms with van der Waals surface area (Å²) in [5.41, 5.74) is 1.56. The van der Waals surface area contributed by atoms with E-state index in [1.54, 1.807) is 30.5 Å². The Morgan fingerprint density at radius 1 is 1.30 bits per heavy atom. The van der Waals surface area contributed by atoms with E-state index in [1.807, 2.05) is 19.1 Å². The van der Waals surface area contributed by atoms with Crippen LogP contribution in [0.25, 0.3) is 0 Å². The fraction of sp³-hybridized carbons (Fsp3) is 0.200. The van der Waals surface area contributed by atoms with Gasteiger partial charge in [-0.2, -0.15) is 12.6 Å². The van der Waals surface area contributed by atoms with Crippen LogP contribution in [0.4, 0.5) is 0 Å². The number of aromatic nitrogens is 1. The monoisotopic (exact) mass is 288 g/mol. The lowest BCUT2D eigenvalue weighted by atomic mass is 10.2. The predicted molar refractivity (Wildman–Crippen MR) is 81.7 cm³/mol. The molecule has 1 amide bonds. The van der Waals surface area contributed by atoms with Crippen LogP contribution in [0.5, 0.6) is 11.6 Å². The maximum Gasteiger partial charge on any atom is 0.251 e. The smallest absolute Gasteiger partial charge is 0.251 e. The van der Waals surface area contributed by atoms with Gasteiger partial charge in [0, 0.05) is 29.6 Å². The molecule has 5 heteroatoms. The second-order valence-electron chi connectivity index (χ2n) is 4.23. The highest BCUT2D eigenvalue weighted by atomic mass is 32.1. The summed E-state index contributed by atoms with van der Waals surface area (Å²) in [7, 11) is 0. The molecule has 1 N–H and O–H groups in total. The zero-order valence-electron chi connectivity index (χ0n) is 11.2. The number of nitrogens with one attached hydrogen (secondary N) is 1. The van der Waals surface area contributed by atoms with E-state index in [0.29, 0.717) is 29.5 Å². The second kappa shape index (κ2) is 6.96. The van der Waals surface area contributed by atoms with Crippen molar-refractivity contribution < 1.29 is 9.53 Å². The topological polar surface area (TPSA) is 51.2 Å². The third-order valence-electron chi connectivity index (χ3n) is 2.69. The first kappa shape index (κ1) is 14.4. The summed E-state index contributed by atoms with van der Waals surface area (Å²) in [6.45, 7) is 2.48. The van der Waals surface area contributed by atoms with E-state index in [1.165, 1.54) is 0 Å². The number of aryl methyl sites for hydroxylation is 1. The molecule has 2 rings (SSSR count). The molecule has 0 saturated heterocycles. The SMILES string of the molecule is Cc1cccnc1Oc1ccc(C(=O)NCCS)cc1. The van der Waals surface area contributed by atoms with Gasteiger partial charge in [-0.3, -0.25) is 4.79 Å². The predicted octanol–water partition coefficient (Wildman–Crippen LogP) is 2.84. The zero-order chi connectivity index (χ0) is 14.4. The van der Waals surface area contributed by atoms with Crippen LogP contribution >= 0.6 is 12.6 Å². The van der Waals surface area contributed by atoms with Crippen molar-refractivity contribution in [2.45, 2.75) is 6.92 Å².